The van der Waals surface area contributed by atoms with E-state index in [2.05, 4.69) is 38.2 Å². The van der Waals surface area contributed by atoms with Gasteiger partial charge in [-0.3, -0.25) is 9.59 Å². The van der Waals surface area contributed by atoms with Gasteiger partial charge in [0, 0.05) is 6.42 Å². The van der Waals surface area contributed by atoms with Gasteiger partial charge in [-0.1, -0.05) is 303 Å². The van der Waals surface area contributed by atoms with Crippen LogP contribution in [0.3, 0.4) is 0 Å². The average Bonchev–Trinajstić information content (AvgIpc) is 3.34. The smallest absolute Gasteiger partial charge is 0.306 e. The molecule has 0 bridgehead atoms. The van der Waals surface area contributed by atoms with E-state index >= 15 is 0 Å². The van der Waals surface area contributed by atoms with Crippen molar-refractivity contribution in [1.82, 2.24) is 5.32 Å². The second-order valence-corrected chi connectivity index (χ2v) is 21.8. The Kier molecular flexibility index (Phi) is 56.3. The SMILES string of the molecule is CCCCCCCC/C=C/CCCCCCCCCCCC(=O)OC(CCCCCCCCCCCCCCCC)CC(=O)NC(CO)C(O)CCCCCCCCCCCCCCCCCCC. The molecule has 0 rings (SSSR count). The van der Waals surface area contributed by atoms with Crippen molar-refractivity contribution in [1.29, 1.82) is 0 Å². The highest BCUT2D eigenvalue weighted by atomic mass is 16.5. The Hall–Kier alpha value is -1.40. The quantitative estimate of drug-likeness (QED) is 0.0321. The van der Waals surface area contributed by atoms with Crippen LogP contribution in [0.1, 0.15) is 355 Å². The van der Waals surface area contributed by atoms with Gasteiger partial charge in [0.2, 0.25) is 5.91 Å². The summed E-state index contributed by atoms with van der Waals surface area (Å²) in [5.74, 6) is -0.449. The van der Waals surface area contributed by atoms with Crippen LogP contribution in [0.5, 0.6) is 0 Å². The lowest BCUT2D eigenvalue weighted by Crippen LogP contribution is -2.46. The summed E-state index contributed by atoms with van der Waals surface area (Å²) in [5, 5.41) is 24.0. The van der Waals surface area contributed by atoms with Crippen molar-refractivity contribution in [3.05, 3.63) is 12.2 Å². The third kappa shape index (κ3) is 52.7. The summed E-state index contributed by atoms with van der Waals surface area (Å²) in [4.78, 5) is 26.4. The Morgan fingerprint density at radius 2 is 0.696 bits per heavy atom. The van der Waals surface area contributed by atoms with Crippen LogP contribution in [0.4, 0.5) is 0 Å². The van der Waals surface area contributed by atoms with E-state index in [1.54, 1.807) is 0 Å². The van der Waals surface area contributed by atoms with Gasteiger partial charge in [-0.05, 0) is 51.4 Å². The predicted octanol–water partition coefficient (Wildman–Crippen LogP) is 19.6. The number of amides is 1. The minimum atomic E-state index is -0.783. The van der Waals surface area contributed by atoms with Gasteiger partial charge in [-0.2, -0.15) is 0 Å². The normalized spacial score (nSPS) is 13.1. The zero-order valence-electron chi connectivity index (χ0n) is 47.0. The third-order valence-electron chi connectivity index (χ3n) is 14.8. The Bertz CT molecular complexity index is 1050. The minimum Gasteiger partial charge on any atom is -0.462 e. The topological polar surface area (TPSA) is 95.9 Å². The zero-order chi connectivity index (χ0) is 50.2. The van der Waals surface area contributed by atoms with Crippen molar-refractivity contribution in [2.24, 2.45) is 0 Å². The van der Waals surface area contributed by atoms with Gasteiger partial charge in [0.1, 0.15) is 6.10 Å². The fourth-order valence-electron chi connectivity index (χ4n) is 10.1. The third-order valence-corrected chi connectivity index (χ3v) is 14.8. The lowest BCUT2D eigenvalue weighted by molar-refractivity contribution is -0.151. The lowest BCUT2D eigenvalue weighted by Gasteiger charge is -2.24. The summed E-state index contributed by atoms with van der Waals surface area (Å²) in [5.41, 5.74) is 0. The molecule has 6 heteroatoms. The number of carbonyl (C=O) groups excluding carboxylic acids is 2. The number of hydrogen-bond acceptors (Lipinski definition) is 5. The average molecular weight is 975 g/mol. The molecule has 0 spiro atoms. The number of allylic oxidation sites excluding steroid dienone is 2. The van der Waals surface area contributed by atoms with Crippen molar-refractivity contribution in [3.63, 3.8) is 0 Å². The second kappa shape index (κ2) is 57.5. The van der Waals surface area contributed by atoms with Gasteiger partial charge >= 0.3 is 5.97 Å². The Morgan fingerprint density at radius 3 is 1.03 bits per heavy atom. The van der Waals surface area contributed by atoms with Crippen molar-refractivity contribution in [2.75, 3.05) is 6.61 Å². The molecule has 410 valence electrons. The number of aliphatic hydroxyl groups is 2. The van der Waals surface area contributed by atoms with Crippen LogP contribution in [0.25, 0.3) is 0 Å². The molecule has 0 saturated heterocycles. The first-order valence-corrected chi connectivity index (χ1v) is 31.4. The summed E-state index contributed by atoms with van der Waals surface area (Å²) in [7, 11) is 0. The molecule has 0 aliphatic heterocycles. The summed E-state index contributed by atoms with van der Waals surface area (Å²) >= 11 is 0. The molecule has 0 aromatic rings. The standard InChI is InChI=1S/C63H123NO5/c1-4-7-10-13-16-19-22-25-28-30-31-33-35-38-41-44-47-50-53-56-63(68)69-59(54-51-48-45-42-39-36-27-24-21-18-15-12-9-6-3)57-62(67)64-60(58-65)61(66)55-52-49-46-43-40-37-34-32-29-26-23-20-17-14-11-8-5-2/h25,28,59-61,65-66H,4-24,26-27,29-58H2,1-3H3,(H,64,67)/b28-25+. The number of hydrogen-bond donors (Lipinski definition) is 3. The number of rotatable bonds is 58. The van der Waals surface area contributed by atoms with Gasteiger partial charge in [-0.25, -0.2) is 0 Å². The molecule has 0 saturated carbocycles. The number of aliphatic hydroxyl groups excluding tert-OH is 2. The second-order valence-electron chi connectivity index (χ2n) is 21.8. The molecule has 3 atom stereocenters. The fourth-order valence-corrected chi connectivity index (χ4v) is 10.1. The van der Waals surface area contributed by atoms with E-state index in [0.29, 0.717) is 19.3 Å². The van der Waals surface area contributed by atoms with Crippen LogP contribution in [0.2, 0.25) is 0 Å². The number of nitrogens with one attached hydrogen (secondary N) is 1. The van der Waals surface area contributed by atoms with Crippen LogP contribution in [-0.2, 0) is 14.3 Å². The summed E-state index contributed by atoms with van der Waals surface area (Å²) < 4.78 is 5.98. The molecule has 0 fully saturated rings. The van der Waals surface area contributed by atoms with E-state index in [0.717, 1.165) is 44.9 Å². The van der Waals surface area contributed by atoms with Crippen molar-refractivity contribution in [3.8, 4) is 0 Å². The van der Waals surface area contributed by atoms with Gasteiger partial charge in [0.25, 0.3) is 0 Å². The molecule has 0 aliphatic rings. The van der Waals surface area contributed by atoms with Crippen LogP contribution >= 0.6 is 0 Å². The van der Waals surface area contributed by atoms with E-state index in [1.807, 2.05) is 0 Å². The monoisotopic (exact) mass is 974 g/mol. The Labute approximate surface area is 431 Å². The Morgan fingerprint density at radius 1 is 0.406 bits per heavy atom. The molecule has 0 aromatic carbocycles. The maximum atomic E-state index is 13.3. The molecule has 6 nitrogen and oxygen atoms in total. The summed E-state index contributed by atoms with van der Waals surface area (Å²) in [6.07, 6.45) is 67.1. The number of unbranched alkanes of at least 4 members (excludes halogenated alkanes) is 44. The molecule has 0 radical (unpaired) electrons. The lowest BCUT2D eigenvalue weighted by atomic mass is 10.0. The highest BCUT2D eigenvalue weighted by Gasteiger charge is 2.24. The maximum Gasteiger partial charge on any atom is 0.306 e. The molecule has 3 unspecified atom stereocenters. The van der Waals surface area contributed by atoms with Crippen LogP contribution in [0, 0.1) is 0 Å². The summed E-state index contributed by atoms with van der Waals surface area (Å²) in [6.45, 7) is 6.54. The molecule has 1 amide bonds. The minimum absolute atomic E-state index is 0.0853. The van der Waals surface area contributed by atoms with E-state index < -0.39 is 18.2 Å². The van der Waals surface area contributed by atoms with E-state index in [4.69, 9.17) is 4.74 Å². The van der Waals surface area contributed by atoms with E-state index in [-0.39, 0.29) is 24.9 Å². The molecule has 0 aromatic heterocycles. The first kappa shape index (κ1) is 67.6. The van der Waals surface area contributed by atoms with Crippen LogP contribution in [0.15, 0.2) is 12.2 Å². The molecule has 3 N–H and O–H groups in total. The van der Waals surface area contributed by atoms with Crippen molar-refractivity contribution in [2.45, 2.75) is 373 Å². The molecular formula is C63H123NO5. The maximum absolute atomic E-state index is 13.3. The Balaban J connectivity index is 4.45. The summed E-state index contributed by atoms with van der Waals surface area (Å²) in [6, 6.07) is -0.697. The largest absolute Gasteiger partial charge is 0.462 e. The first-order valence-electron chi connectivity index (χ1n) is 31.4. The van der Waals surface area contributed by atoms with Crippen LogP contribution < -0.4 is 5.32 Å². The van der Waals surface area contributed by atoms with E-state index in [9.17, 15) is 19.8 Å². The van der Waals surface area contributed by atoms with Gasteiger partial charge in [0.05, 0.1) is 25.2 Å². The van der Waals surface area contributed by atoms with Crippen molar-refractivity contribution >= 4 is 11.9 Å². The zero-order valence-corrected chi connectivity index (χ0v) is 47.0. The van der Waals surface area contributed by atoms with Crippen LogP contribution in [-0.4, -0.2) is 46.9 Å². The molecule has 0 heterocycles. The van der Waals surface area contributed by atoms with E-state index in [1.165, 1.54) is 263 Å². The molecular weight excluding hydrogens is 851 g/mol. The highest BCUT2D eigenvalue weighted by molar-refractivity contribution is 5.77. The first-order chi connectivity index (χ1) is 34.0. The fraction of sp³-hybridized carbons (Fsp3) is 0.937. The highest BCUT2D eigenvalue weighted by Crippen LogP contribution is 2.19. The number of carbonyl (C=O) groups is 2. The number of esters is 1. The predicted molar refractivity (Wildman–Crippen MR) is 301 cm³/mol. The van der Waals surface area contributed by atoms with Gasteiger partial charge < -0.3 is 20.3 Å². The molecule has 69 heavy (non-hydrogen) atoms. The van der Waals surface area contributed by atoms with Gasteiger partial charge in [-0.15, -0.1) is 0 Å². The van der Waals surface area contributed by atoms with Crippen molar-refractivity contribution < 1.29 is 24.5 Å². The number of ether oxygens (including phenoxy) is 1. The molecule has 0 aliphatic carbocycles. The van der Waals surface area contributed by atoms with Gasteiger partial charge in [0.15, 0.2) is 0 Å².